The highest BCUT2D eigenvalue weighted by Crippen LogP contribution is 2.53. The Balaban J connectivity index is 1.25. The van der Waals surface area contributed by atoms with E-state index in [4.69, 9.17) is 11.5 Å². The number of phenols is 2. The van der Waals surface area contributed by atoms with Crippen LogP contribution in [-0.4, -0.2) is 32.0 Å². The molecule has 6 aromatic rings. The fourth-order valence-corrected chi connectivity index (χ4v) is 8.81. The number of nitrogens with two attached hydrogens (primary N) is 2. The Bertz CT molecular complexity index is 2800. The Morgan fingerprint density at radius 3 is 1.06 bits per heavy atom. The van der Waals surface area contributed by atoms with Crippen molar-refractivity contribution in [1.29, 1.82) is 0 Å². The first kappa shape index (κ1) is 42.7. The van der Waals surface area contributed by atoms with Crippen molar-refractivity contribution in [2.24, 2.45) is 11.8 Å². The first-order valence-electron chi connectivity index (χ1n) is 21.1. The van der Waals surface area contributed by atoms with Crippen LogP contribution < -0.4 is 22.1 Å². The monoisotopic (exact) mass is 850 g/mol. The third-order valence-corrected chi connectivity index (χ3v) is 12.0. The number of allylic oxidation sites excluding steroid dienone is 4. The van der Waals surface area contributed by atoms with Gasteiger partial charge in [-0.25, -0.2) is 0 Å². The van der Waals surface area contributed by atoms with Gasteiger partial charge in [-0.1, -0.05) is 88.4 Å². The zero-order valence-electron chi connectivity index (χ0n) is 36.5. The number of carbonyl (C=O) groups excluding carboxylic acids is 2. The van der Waals surface area contributed by atoms with Gasteiger partial charge in [0.05, 0.1) is 11.1 Å². The number of hydrogen-bond donors (Lipinski definition) is 8. The van der Waals surface area contributed by atoms with Crippen molar-refractivity contribution in [3.05, 3.63) is 166 Å². The van der Waals surface area contributed by atoms with Crippen LogP contribution in [0.25, 0.3) is 55.7 Å². The van der Waals surface area contributed by atoms with Crippen LogP contribution in [0.3, 0.4) is 0 Å². The minimum atomic E-state index is -0.677. The van der Waals surface area contributed by atoms with Crippen LogP contribution in [0, 0.1) is 25.7 Å². The maximum absolute atomic E-state index is 14.1. The topological polar surface area (TPSA) is 191 Å². The molecule has 0 saturated carbocycles. The largest absolute Gasteiger partial charge is 0.507 e. The third kappa shape index (κ3) is 7.53. The molecule has 0 aromatic heterocycles. The molecule has 10 heteroatoms. The molecular formula is C54H50N4O6. The molecule has 0 bridgehead atoms. The highest BCUT2D eigenvalue weighted by atomic mass is 16.3. The smallest absolute Gasteiger partial charge is 0.229 e. The van der Waals surface area contributed by atoms with Crippen molar-refractivity contribution in [2.75, 3.05) is 22.1 Å². The molecule has 10 nitrogen and oxygen atoms in total. The van der Waals surface area contributed by atoms with Crippen molar-refractivity contribution in [1.82, 2.24) is 0 Å². The van der Waals surface area contributed by atoms with Gasteiger partial charge in [-0.05, 0) is 119 Å². The van der Waals surface area contributed by atoms with Gasteiger partial charge >= 0.3 is 0 Å². The summed E-state index contributed by atoms with van der Waals surface area (Å²) < 4.78 is 0. The SMILES string of the molecule is Cc1cc2c(c(O)c1-c1c(C)cc3c(c1O)C(=CNc1ccc(-c4ccc(N)cc4)cc1)C(=O)C(O)=C3C(C)C)C(=CNc1ccc(-c3ccc(N)cc3)cc1)C(=O)C(O)=C2C(C)C. The Kier molecular flexibility index (Phi) is 11.1. The fourth-order valence-electron chi connectivity index (χ4n) is 8.81. The number of aromatic hydroxyl groups is 2. The Morgan fingerprint density at radius 2 is 0.766 bits per heavy atom. The van der Waals surface area contributed by atoms with E-state index in [0.717, 1.165) is 22.3 Å². The highest BCUT2D eigenvalue weighted by Gasteiger charge is 2.38. The summed E-state index contributed by atoms with van der Waals surface area (Å²) in [7, 11) is 0. The molecule has 0 fully saturated rings. The van der Waals surface area contributed by atoms with Crippen LogP contribution >= 0.6 is 0 Å². The Morgan fingerprint density at radius 1 is 0.469 bits per heavy atom. The number of aliphatic hydroxyl groups excluding tert-OH is 2. The quantitative estimate of drug-likeness (QED) is 0.0513. The van der Waals surface area contributed by atoms with Gasteiger partial charge in [0.15, 0.2) is 11.5 Å². The molecule has 0 unspecified atom stereocenters. The van der Waals surface area contributed by atoms with Crippen molar-refractivity contribution in [3.8, 4) is 44.9 Å². The van der Waals surface area contributed by atoms with Crippen molar-refractivity contribution >= 4 is 56.6 Å². The summed E-state index contributed by atoms with van der Waals surface area (Å²) in [5.74, 6) is -3.34. The molecule has 0 saturated heterocycles. The zero-order chi connectivity index (χ0) is 45.7. The van der Waals surface area contributed by atoms with Crippen LogP contribution in [0.1, 0.15) is 61.1 Å². The molecule has 0 amide bonds. The molecule has 0 heterocycles. The van der Waals surface area contributed by atoms with Crippen LogP contribution in [0.5, 0.6) is 11.5 Å². The standard InChI is InChI=1S/C54H50N4O6/c1-27(2)43-39-23-29(5)45(51(61)47(39)41(49(59)53(43)63)25-57-37-19-11-33(12-20-37)31-7-15-35(55)16-8-31)46-30(6)24-40-44(28(3)4)54(64)50(60)42(48(40)52(46)62)26-58-38-21-13-34(14-22-38)32-9-17-36(56)18-10-32/h7-28,57-58,61-64H,55-56H2,1-6H3. The predicted molar refractivity (Wildman–Crippen MR) is 259 cm³/mol. The summed E-state index contributed by atoms with van der Waals surface area (Å²) in [6.07, 6.45) is 2.95. The van der Waals surface area contributed by atoms with E-state index in [1.807, 2.05) is 125 Å². The number of carbonyl (C=O) groups is 2. The lowest BCUT2D eigenvalue weighted by Gasteiger charge is -2.29. The minimum Gasteiger partial charge on any atom is -0.507 e. The first-order valence-corrected chi connectivity index (χ1v) is 21.1. The average molecular weight is 851 g/mol. The number of aliphatic hydroxyl groups is 2. The number of benzene rings is 6. The van der Waals surface area contributed by atoms with Gasteiger partial charge in [0, 0.05) is 68.5 Å². The van der Waals surface area contributed by atoms with Gasteiger partial charge in [-0.3, -0.25) is 9.59 Å². The minimum absolute atomic E-state index is 0.0192. The number of hydrogen-bond acceptors (Lipinski definition) is 10. The number of nitrogen functional groups attached to an aromatic ring is 2. The van der Waals surface area contributed by atoms with Gasteiger partial charge in [0.2, 0.25) is 11.6 Å². The molecule has 2 aliphatic carbocycles. The van der Waals surface area contributed by atoms with E-state index >= 15 is 0 Å². The van der Waals surface area contributed by atoms with Crippen LogP contribution in [-0.2, 0) is 9.59 Å². The summed E-state index contributed by atoms with van der Waals surface area (Å²) in [5.41, 5.74) is 22.0. The van der Waals surface area contributed by atoms with Crippen LogP contribution in [0.15, 0.2) is 133 Å². The lowest BCUT2D eigenvalue weighted by Crippen LogP contribution is -2.20. The number of rotatable bonds is 9. The average Bonchev–Trinajstić information content (AvgIpc) is 3.26. The number of anilines is 4. The molecular weight excluding hydrogens is 801 g/mol. The summed E-state index contributed by atoms with van der Waals surface area (Å²) in [6, 6.07) is 33.8. The lowest BCUT2D eigenvalue weighted by atomic mass is 9.75. The summed E-state index contributed by atoms with van der Waals surface area (Å²) in [6.45, 7) is 11.0. The third-order valence-electron chi connectivity index (χ3n) is 12.0. The van der Waals surface area contributed by atoms with Gasteiger partial charge in [-0.15, -0.1) is 0 Å². The molecule has 6 aromatic carbocycles. The molecule has 322 valence electrons. The maximum atomic E-state index is 14.1. The number of phenolic OH excluding ortho intramolecular Hbond substituents is 2. The van der Waals surface area contributed by atoms with E-state index < -0.39 is 23.1 Å². The van der Waals surface area contributed by atoms with Gasteiger partial charge in [-0.2, -0.15) is 0 Å². The lowest BCUT2D eigenvalue weighted by molar-refractivity contribution is -0.113. The fraction of sp³-hybridized carbons (Fsp3) is 0.148. The molecule has 0 aliphatic heterocycles. The van der Waals surface area contributed by atoms with Crippen molar-refractivity contribution in [3.63, 3.8) is 0 Å². The van der Waals surface area contributed by atoms with Crippen LogP contribution in [0.2, 0.25) is 0 Å². The maximum Gasteiger partial charge on any atom is 0.229 e. The first-order chi connectivity index (χ1) is 30.5. The predicted octanol–water partition coefficient (Wildman–Crippen LogP) is 11.8. The van der Waals surface area contributed by atoms with E-state index in [2.05, 4.69) is 10.6 Å². The molecule has 10 N–H and O–H groups in total. The Labute approximate surface area is 372 Å². The van der Waals surface area contributed by atoms with Crippen molar-refractivity contribution < 1.29 is 30.0 Å². The number of ketones is 2. The molecule has 8 rings (SSSR count). The van der Waals surface area contributed by atoms with Crippen LogP contribution in [0.4, 0.5) is 22.7 Å². The molecule has 2 aliphatic rings. The van der Waals surface area contributed by atoms with E-state index in [-0.39, 0.29) is 56.7 Å². The molecule has 0 atom stereocenters. The van der Waals surface area contributed by atoms with Gasteiger partial charge in [0.25, 0.3) is 0 Å². The highest BCUT2D eigenvalue weighted by molar-refractivity contribution is 6.35. The van der Waals surface area contributed by atoms with Crippen molar-refractivity contribution in [2.45, 2.75) is 41.5 Å². The second-order valence-electron chi connectivity index (χ2n) is 17.0. The second kappa shape index (κ2) is 16.7. The number of nitrogens with one attached hydrogen (secondary N) is 2. The summed E-state index contributed by atoms with van der Waals surface area (Å²) >= 11 is 0. The van der Waals surface area contributed by atoms with Gasteiger partial charge < -0.3 is 42.5 Å². The van der Waals surface area contributed by atoms with E-state index in [1.54, 1.807) is 26.0 Å². The van der Waals surface area contributed by atoms with E-state index in [1.165, 1.54) is 12.4 Å². The zero-order valence-corrected chi connectivity index (χ0v) is 36.5. The van der Waals surface area contributed by atoms with Gasteiger partial charge in [0.1, 0.15) is 11.5 Å². The second-order valence-corrected chi connectivity index (χ2v) is 17.0. The molecule has 0 spiro atoms. The summed E-state index contributed by atoms with van der Waals surface area (Å²) in [5, 5.41) is 54.3. The number of fused-ring (bicyclic) bond motifs is 2. The van der Waals surface area contributed by atoms with E-state index in [9.17, 15) is 30.0 Å². The normalized spacial score (nSPS) is 15.1. The summed E-state index contributed by atoms with van der Waals surface area (Å²) in [4.78, 5) is 28.3. The number of aryl methyl sites for hydroxylation is 2. The molecule has 0 radical (unpaired) electrons. The Hall–Kier alpha value is -7.98. The number of Topliss-reactive ketones (excluding diaryl/α,β-unsaturated/α-hetero) is 2. The molecule has 64 heavy (non-hydrogen) atoms. The van der Waals surface area contributed by atoms with E-state index in [0.29, 0.717) is 56.1 Å².